The highest BCUT2D eigenvalue weighted by Gasteiger charge is 2.44. The summed E-state index contributed by atoms with van der Waals surface area (Å²) in [6, 6.07) is 5.57. The zero-order valence-corrected chi connectivity index (χ0v) is 7.73. The lowest BCUT2D eigenvalue weighted by molar-refractivity contribution is -0.152. The Balaban J connectivity index is 2.13. The van der Waals surface area contributed by atoms with E-state index in [1.165, 1.54) is 0 Å². The van der Waals surface area contributed by atoms with Crippen molar-refractivity contribution in [2.45, 2.75) is 6.42 Å². The van der Waals surface area contributed by atoms with Crippen molar-refractivity contribution in [3.63, 3.8) is 0 Å². The van der Waals surface area contributed by atoms with Gasteiger partial charge < -0.3 is 10.4 Å². The highest BCUT2D eigenvalue weighted by atomic mass is 16.4. The molecule has 0 amide bonds. The van der Waals surface area contributed by atoms with E-state index in [0.717, 1.165) is 5.69 Å². The smallest absolute Gasteiger partial charge is 0.312 e. The highest BCUT2D eigenvalue weighted by molar-refractivity contribution is 5.77. The van der Waals surface area contributed by atoms with Crippen LogP contribution in [-0.2, 0) is 11.2 Å². The van der Waals surface area contributed by atoms with E-state index in [9.17, 15) is 4.79 Å². The lowest BCUT2D eigenvalue weighted by atomic mass is 9.77. The molecule has 1 aliphatic rings. The Hall–Kier alpha value is -1.42. The van der Waals surface area contributed by atoms with E-state index in [2.05, 4.69) is 10.3 Å². The Bertz CT molecular complexity index is 333. The van der Waals surface area contributed by atoms with Gasteiger partial charge in [0.25, 0.3) is 0 Å². The summed E-state index contributed by atoms with van der Waals surface area (Å²) in [5, 5.41) is 12.1. The maximum atomic E-state index is 11.0. The lowest BCUT2D eigenvalue weighted by Crippen LogP contribution is -2.59. The minimum absolute atomic E-state index is 0.510. The Morgan fingerprint density at radius 3 is 2.79 bits per heavy atom. The summed E-state index contributed by atoms with van der Waals surface area (Å²) < 4.78 is 0. The third-order valence-electron chi connectivity index (χ3n) is 2.63. The van der Waals surface area contributed by atoms with Gasteiger partial charge in [-0.1, -0.05) is 6.07 Å². The quantitative estimate of drug-likeness (QED) is 0.723. The Labute approximate surface area is 82.0 Å². The number of rotatable bonds is 3. The van der Waals surface area contributed by atoms with Crippen LogP contribution in [0.2, 0.25) is 0 Å². The molecular formula is C10H12N2O2. The number of aromatic nitrogens is 1. The predicted molar refractivity (Wildman–Crippen MR) is 50.9 cm³/mol. The molecule has 1 aromatic heterocycles. The number of carbonyl (C=O) groups is 1. The van der Waals surface area contributed by atoms with Gasteiger partial charge in [0, 0.05) is 31.4 Å². The van der Waals surface area contributed by atoms with Gasteiger partial charge in [0.05, 0.1) is 5.41 Å². The van der Waals surface area contributed by atoms with Crippen LogP contribution in [0.15, 0.2) is 24.4 Å². The normalized spacial score (nSPS) is 18.6. The van der Waals surface area contributed by atoms with Crippen molar-refractivity contribution in [1.82, 2.24) is 10.3 Å². The van der Waals surface area contributed by atoms with Crippen LogP contribution in [0.5, 0.6) is 0 Å². The van der Waals surface area contributed by atoms with Gasteiger partial charge in [0.1, 0.15) is 0 Å². The molecule has 1 fully saturated rings. The third-order valence-corrected chi connectivity index (χ3v) is 2.63. The van der Waals surface area contributed by atoms with Gasteiger partial charge in [-0.2, -0.15) is 0 Å². The molecule has 0 bridgehead atoms. The number of carboxylic acids is 1. The van der Waals surface area contributed by atoms with Crippen LogP contribution < -0.4 is 5.32 Å². The van der Waals surface area contributed by atoms with Crippen molar-refractivity contribution >= 4 is 5.97 Å². The number of carboxylic acid groups (broad SMARTS) is 1. The first-order valence-electron chi connectivity index (χ1n) is 4.57. The number of aliphatic carboxylic acids is 1. The fourth-order valence-electron chi connectivity index (χ4n) is 1.63. The van der Waals surface area contributed by atoms with Gasteiger partial charge in [-0.15, -0.1) is 0 Å². The standard InChI is InChI=1S/C10H12N2O2/c13-9(14)10(6-11-7-10)5-8-3-1-2-4-12-8/h1-4,11H,5-7H2,(H,13,14). The summed E-state index contributed by atoms with van der Waals surface area (Å²) in [5.41, 5.74) is 0.213. The Morgan fingerprint density at radius 1 is 1.57 bits per heavy atom. The molecule has 0 radical (unpaired) electrons. The van der Waals surface area contributed by atoms with Crippen LogP contribution in [0, 0.1) is 5.41 Å². The van der Waals surface area contributed by atoms with E-state index in [0.29, 0.717) is 19.5 Å². The van der Waals surface area contributed by atoms with E-state index < -0.39 is 11.4 Å². The number of nitrogens with zero attached hydrogens (tertiary/aromatic N) is 1. The molecule has 0 aromatic carbocycles. The number of pyridine rings is 1. The fraction of sp³-hybridized carbons (Fsp3) is 0.400. The summed E-state index contributed by atoms with van der Waals surface area (Å²) in [5.74, 6) is -0.734. The molecule has 0 atom stereocenters. The van der Waals surface area contributed by atoms with Crippen molar-refractivity contribution in [2.24, 2.45) is 5.41 Å². The second-order valence-corrected chi connectivity index (χ2v) is 3.69. The fourth-order valence-corrected chi connectivity index (χ4v) is 1.63. The van der Waals surface area contributed by atoms with Crippen LogP contribution in [0.3, 0.4) is 0 Å². The molecule has 1 saturated heterocycles. The first-order valence-corrected chi connectivity index (χ1v) is 4.57. The molecule has 0 unspecified atom stereocenters. The van der Waals surface area contributed by atoms with Gasteiger partial charge in [-0.25, -0.2) is 0 Å². The monoisotopic (exact) mass is 192 g/mol. The van der Waals surface area contributed by atoms with E-state index in [1.807, 2.05) is 18.2 Å². The first-order chi connectivity index (χ1) is 6.73. The van der Waals surface area contributed by atoms with Gasteiger partial charge >= 0.3 is 5.97 Å². The Morgan fingerprint density at radius 2 is 2.36 bits per heavy atom. The maximum absolute atomic E-state index is 11.0. The molecule has 4 nitrogen and oxygen atoms in total. The second-order valence-electron chi connectivity index (χ2n) is 3.69. The number of hydrogen-bond acceptors (Lipinski definition) is 3. The minimum Gasteiger partial charge on any atom is -0.481 e. The molecule has 1 aliphatic heterocycles. The molecule has 4 heteroatoms. The van der Waals surface area contributed by atoms with Gasteiger partial charge in [-0.05, 0) is 12.1 Å². The van der Waals surface area contributed by atoms with E-state index in [-0.39, 0.29) is 0 Å². The molecule has 0 saturated carbocycles. The predicted octanol–water partition coefficient (Wildman–Crippen LogP) is 0.298. The lowest BCUT2D eigenvalue weighted by Gasteiger charge is -2.38. The largest absolute Gasteiger partial charge is 0.481 e. The molecule has 74 valence electrons. The molecule has 2 rings (SSSR count). The molecule has 14 heavy (non-hydrogen) atoms. The SMILES string of the molecule is O=C(O)C1(Cc2ccccn2)CNC1. The molecule has 2 heterocycles. The van der Waals surface area contributed by atoms with E-state index in [1.54, 1.807) is 6.20 Å². The first kappa shape index (κ1) is 9.15. The van der Waals surface area contributed by atoms with Crippen molar-refractivity contribution < 1.29 is 9.90 Å². The summed E-state index contributed by atoms with van der Waals surface area (Å²) >= 11 is 0. The van der Waals surface area contributed by atoms with Crippen LogP contribution in [0.4, 0.5) is 0 Å². The zero-order valence-electron chi connectivity index (χ0n) is 7.73. The average molecular weight is 192 g/mol. The molecule has 0 spiro atoms. The second kappa shape index (κ2) is 3.38. The van der Waals surface area contributed by atoms with E-state index >= 15 is 0 Å². The minimum atomic E-state index is -0.734. The van der Waals surface area contributed by atoms with Crippen molar-refractivity contribution in [3.05, 3.63) is 30.1 Å². The van der Waals surface area contributed by atoms with Crippen LogP contribution in [-0.4, -0.2) is 29.1 Å². The van der Waals surface area contributed by atoms with E-state index in [4.69, 9.17) is 5.11 Å². The summed E-state index contributed by atoms with van der Waals surface area (Å²) in [6.45, 7) is 1.08. The molecule has 2 N–H and O–H groups in total. The third kappa shape index (κ3) is 1.48. The zero-order chi connectivity index (χ0) is 10.0. The molecular weight excluding hydrogens is 180 g/mol. The van der Waals surface area contributed by atoms with Gasteiger partial charge in [-0.3, -0.25) is 9.78 Å². The Kier molecular flexibility index (Phi) is 2.21. The molecule has 0 aliphatic carbocycles. The van der Waals surface area contributed by atoms with Crippen LogP contribution in [0.1, 0.15) is 5.69 Å². The van der Waals surface area contributed by atoms with Crippen LogP contribution >= 0.6 is 0 Å². The van der Waals surface area contributed by atoms with Crippen molar-refractivity contribution in [1.29, 1.82) is 0 Å². The number of nitrogens with one attached hydrogen (secondary N) is 1. The van der Waals surface area contributed by atoms with Crippen molar-refractivity contribution in [3.8, 4) is 0 Å². The van der Waals surface area contributed by atoms with Crippen LogP contribution in [0.25, 0.3) is 0 Å². The summed E-state index contributed by atoms with van der Waals surface area (Å²) in [6.07, 6.45) is 2.20. The highest BCUT2D eigenvalue weighted by Crippen LogP contribution is 2.27. The topological polar surface area (TPSA) is 62.2 Å². The maximum Gasteiger partial charge on any atom is 0.312 e. The molecule has 1 aromatic rings. The van der Waals surface area contributed by atoms with Gasteiger partial charge in [0.2, 0.25) is 0 Å². The van der Waals surface area contributed by atoms with Crippen molar-refractivity contribution in [2.75, 3.05) is 13.1 Å². The number of hydrogen-bond donors (Lipinski definition) is 2. The average Bonchev–Trinajstić information content (AvgIpc) is 2.12. The van der Waals surface area contributed by atoms with Gasteiger partial charge in [0.15, 0.2) is 0 Å². The summed E-state index contributed by atoms with van der Waals surface area (Å²) in [4.78, 5) is 15.2. The summed E-state index contributed by atoms with van der Waals surface area (Å²) in [7, 11) is 0.